The van der Waals surface area contributed by atoms with Gasteiger partial charge in [0.05, 0.1) is 11.5 Å². The van der Waals surface area contributed by atoms with Crippen LogP contribution in [0.2, 0.25) is 0 Å². The van der Waals surface area contributed by atoms with Crippen LogP contribution in [0, 0.1) is 0 Å². The molecule has 1 amide bonds. The molecule has 1 fully saturated rings. The van der Waals surface area contributed by atoms with E-state index in [-0.39, 0.29) is 23.5 Å². The first-order valence-electron chi connectivity index (χ1n) is 7.17. The summed E-state index contributed by atoms with van der Waals surface area (Å²) in [5.74, 6) is 0.0484. The molecule has 114 valence electrons. The molecule has 21 heavy (non-hydrogen) atoms. The Bertz CT molecular complexity index is 620. The van der Waals surface area contributed by atoms with Gasteiger partial charge in [-0.1, -0.05) is 35.9 Å². The minimum Gasteiger partial charge on any atom is -0.349 e. The monoisotopic (exact) mass is 307 g/mol. The maximum Gasteiger partial charge on any atom is 0.244 e. The molecule has 2 rings (SSSR count). The zero-order valence-electron chi connectivity index (χ0n) is 12.2. The summed E-state index contributed by atoms with van der Waals surface area (Å²) in [5, 5.41) is 2.77. The predicted octanol–water partition coefficient (Wildman–Crippen LogP) is 1.87. The SMILES string of the molecule is C/C(=C/C(=O)N[C@H]1CCS(=O)(=O)C1)CCc1ccccc1. The lowest BCUT2D eigenvalue weighted by molar-refractivity contribution is -0.117. The fourth-order valence-corrected chi connectivity index (χ4v) is 4.11. The van der Waals surface area contributed by atoms with Gasteiger partial charge >= 0.3 is 0 Å². The van der Waals surface area contributed by atoms with Gasteiger partial charge in [-0.2, -0.15) is 0 Å². The van der Waals surface area contributed by atoms with Gasteiger partial charge in [0.2, 0.25) is 5.91 Å². The van der Waals surface area contributed by atoms with Crippen LogP contribution in [0.3, 0.4) is 0 Å². The van der Waals surface area contributed by atoms with Gasteiger partial charge in [-0.25, -0.2) is 8.42 Å². The van der Waals surface area contributed by atoms with Crippen molar-refractivity contribution in [2.45, 2.75) is 32.2 Å². The number of allylic oxidation sites excluding steroid dienone is 1. The Morgan fingerprint density at radius 3 is 2.67 bits per heavy atom. The lowest BCUT2D eigenvalue weighted by atomic mass is 10.1. The summed E-state index contributed by atoms with van der Waals surface area (Å²) >= 11 is 0. The number of rotatable bonds is 5. The largest absolute Gasteiger partial charge is 0.349 e. The van der Waals surface area contributed by atoms with Gasteiger partial charge in [-0.3, -0.25) is 4.79 Å². The Kier molecular flexibility index (Phi) is 5.17. The molecule has 1 aromatic rings. The van der Waals surface area contributed by atoms with Crippen molar-refractivity contribution in [3.63, 3.8) is 0 Å². The van der Waals surface area contributed by atoms with Crippen molar-refractivity contribution < 1.29 is 13.2 Å². The number of hydrogen-bond donors (Lipinski definition) is 1. The highest BCUT2D eigenvalue weighted by atomic mass is 32.2. The van der Waals surface area contributed by atoms with Crippen LogP contribution >= 0.6 is 0 Å². The second-order valence-corrected chi connectivity index (χ2v) is 7.81. The second-order valence-electron chi connectivity index (χ2n) is 5.58. The van der Waals surface area contributed by atoms with Crippen molar-refractivity contribution in [3.8, 4) is 0 Å². The van der Waals surface area contributed by atoms with Crippen LogP contribution in [-0.2, 0) is 21.1 Å². The zero-order chi connectivity index (χ0) is 15.3. The van der Waals surface area contributed by atoms with Crippen LogP contribution < -0.4 is 5.32 Å². The number of benzene rings is 1. The molecular formula is C16H21NO3S. The van der Waals surface area contributed by atoms with Gasteiger partial charge < -0.3 is 5.32 Å². The highest BCUT2D eigenvalue weighted by molar-refractivity contribution is 7.91. The van der Waals surface area contributed by atoms with Crippen LogP contribution in [0.25, 0.3) is 0 Å². The predicted molar refractivity (Wildman–Crippen MR) is 83.7 cm³/mol. The number of carbonyl (C=O) groups is 1. The van der Waals surface area contributed by atoms with Gasteiger partial charge in [0.1, 0.15) is 0 Å². The van der Waals surface area contributed by atoms with E-state index >= 15 is 0 Å². The standard InChI is InChI=1S/C16H21NO3S/c1-13(7-8-14-5-3-2-4-6-14)11-16(18)17-15-9-10-21(19,20)12-15/h2-6,11,15H,7-10,12H2,1H3,(H,17,18)/b13-11-/t15-/m0/s1. The van der Waals surface area contributed by atoms with Crippen molar-refractivity contribution in [2.75, 3.05) is 11.5 Å². The minimum atomic E-state index is -2.95. The zero-order valence-corrected chi connectivity index (χ0v) is 13.0. The Balaban J connectivity index is 1.80. The molecule has 1 heterocycles. The van der Waals surface area contributed by atoms with Crippen molar-refractivity contribution in [3.05, 3.63) is 47.5 Å². The highest BCUT2D eigenvalue weighted by Gasteiger charge is 2.28. The Labute approximate surface area is 126 Å². The first-order chi connectivity index (χ1) is 9.94. The summed E-state index contributed by atoms with van der Waals surface area (Å²) in [7, 11) is -2.95. The van der Waals surface area contributed by atoms with Crippen LogP contribution in [0.5, 0.6) is 0 Å². The first-order valence-corrected chi connectivity index (χ1v) is 8.99. The van der Waals surface area contributed by atoms with E-state index in [1.54, 1.807) is 6.08 Å². The number of amides is 1. The number of nitrogens with one attached hydrogen (secondary N) is 1. The maximum absolute atomic E-state index is 11.8. The molecule has 0 bridgehead atoms. The smallest absolute Gasteiger partial charge is 0.244 e. The third-order valence-electron chi connectivity index (χ3n) is 3.61. The summed E-state index contributed by atoms with van der Waals surface area (Å²) < 4.78 is 22.7. The first kappa shape index (κ1) is 15.8. The summed E-state index contributed by atoms with van der Waals surface area (Å²) in [6, 6.07) is 9.88. The molecule has 0 saturated carbocycles. The summed E-state index contributed by atoms with van der Waals surface area (Å²) in [5.41, 5.74) is 2.24. The van der Waals surface area contributed by atoms with Crippen LogP contribution in [0.1, 0.15) is 25.3 Å². The molecule has 1 atom stereocenters. The number of hydrogen-bond acceptors (Lipinski definition) is 3. The van der Waals surface area contributed by atoms with Crippen LogP contribution in [0.15, 0.2) is 42.0 Å². The molecule has 5 heteroatoms. The van der Waals surface area contributed by atoms with E-state index in [0.717, 1.165) is 18.4 Å². The highest BCUT2D eigenvalue weighted by Crippen LogP contribution is 2.12. The summed E-state index contributed by atoms with van der Waals surface area (Å²) in [6.45, 7) is 1.92. The van der Waals surface area contributed by atoms with E-state index in [9.17, 15) is 13.2 Å². The van der Waals surface area contributed by atoms with E-state index in [2.05, 4.69) is 17.4 Å². The molecule has 1 aromatic carbocycles. The van der Waals surface area contributed by atoms with E-state index in [0.29, 0.717) is 6.42 Å². The van der Waals surface area contributed by atoms with Gasteiger partial charge in [-0.05, 0) is 31.7 Å². The van der Waals surface area contributed by atoms with Crippen molar-refractivity contribution in [2.24, 2.45) is 0 Å². The number of carbonyl (C=O) groups excluding carboxylic acids is 1. The van der Waals surface area contributed by atoms with E-state index in [1.807, 2.05) is 25.1 Å². The van der Waals surface area contributed by atoms with E-state index in [1.165, 1.54) is 5.56 Å². The molecule has 1 saturated heterocycles. The third-order valence-corrected chi connectivity index (χ3v) is 5.38. The number of aryl methyl sites for hydroxylation is 1. The van der Waals surface area contributed by atoms with Gasteiger partial charge in [0.25, 0.3) is 0 Å². The molecule has 1 aliphatic rings. The fourth-order valence-electron chi connectivity index (χ4n) is 2.43. The second kappa shape index (κ2) is 6.89. The van der Waals surface area contributed by atoms with Crippen molar-refractivity contribution >= 4 is 15.7 Å². The lowest BCUT2D eigenvalue weighted by Gasteiger charge is -2.09. The van der Waals surface area contributed by atoms with Crippen molar-refractivity contribution in [1.29, 1.82) is 0 Å². The molecule has 0 aromatic heterocycles. The molecule has 0 radical (unpaired) electrons. The number of sulfone groups is 1. The minimum absolute atomic E-state index is 0.0651. The van der Waals surface area contributed by atoms with Gasteiger partial charge in [0.15, 0.2) is 9.84 Å². The Hall–Kier alpha value is -1.62. The Morgan fingerprint density at radius 1 is 1.33 bits per heavy atom. The quantitative estimate of drug-likeness (QED) is 0.845. The van der Waals surface area contributed by atoms with Crippen LogP contribution in [0.4, 0.5) is 0 Å². The lowest BCUT2D eigenvalue weighted by Crippen LogP contribution is -2.34. The van der Waals surface area contributed by atoms with Crippen LogP contribution in [-0.4, -0.2) is 31.9 Å². The van der Waals surface area contributed by atoms with E-state index < -0.39 is 9.84 Å². The summed E-state index contributed by atoms with van der Waals surface area (Å²) in [4.78, 5) is 11.8. The molecule has 1 aliphatic heterocycles. The maximum atomic E-state index is 11.8. The Morgan fingerprint density at radius 2 is 2.05 bits per heavy atom. The average molecular weight is 307 g/mol. The molecule has 1 N–H and O–H groups in total. The topological polar surface area (TPSA) is 63.2 Å². The fraction of sp³-hybridized carbons (Fsp3) is 0.438. The van der Waals surface area contributed by atoms with Gasteiger partial charge in [-0.15, -0.1) is 0 Å². The molecule has 0 unspecified atom stereocenters. The van der Waals surface area contributed by atoms with Gasteiger partial charge in [0, 0.05) is 12.1 Å². The van der Waals surface area contributed by atoms with E-state index in [4.69, 9.17) is 0 Å². The average Bonchev–Trinajstić information content (AvgIpc) is 2.76. The molecular weight excluding hydrogens is 286 g/mol. The van der Waals surface area contributed by atoms with Crippen molar-refractivity contribution in [1.82, 2.24) is 5.32 Å². The molecule has 0 spiro atoms. The third kappa shape index (κ3) is 5.34. The summed E-state index contributed by atoms with van der Waals surface area (Å²) in [6.07, 6.45) is 3.81. The normalized spacial score (nSPS) is 21.2. The molecule has 0 aliphatic carbocycles. The molecule has 4 nitrogen and oxygen atoms in total.